The minimum atomic E-state index is -3.90. The summed E-state index contributed by atoms with van der Waals surface area (Å²) in [6.45, 7) is 1.87. The molecule has 2 aliphatic heterocycles. The average molecular weight is 461 g/mol. The lowest BCUT2D eigenvalue weighted by Crippen LogP contribution is -2.26. The Morgan fingerprint density at radius 3 is 2.24 bits per heavy atom. The van der Waals surface area contributed by atoms with Crippen LogP contribution < -0.4 is 10.2 Å². The first-order chi connectivity index (χ1) is 16.0. The number of carbonyl (C=O) groups is 2. The smallest absolute Gasteiger partial charge is 0.255 e. The number of hydrogen-bond acceptors (Lipinski definition) is 5. The van der Waals surface area contributed by atoms with E-state index in [1.165, 1.54) is 43.2 Å². The zero-order chi connectivity index (χ0) is 23.0. The molecule has 0 atom stereocenters. The van der Waals surface area contributed by atoms with E-state index in [9.17, 15) is 18.0 Å². The number of sulfone groups is 1. The third kappa shape index (κ3) is 3.82. The van der Waals surface area contributed by atoms with Crippen LogP contribution in [0.1, 0.15) is 52.0 Å². The third-order valence-corrected chi connectivity index (χ3v) is 8.15. The molecule has 7 heteroatoms. The lowest BCUT2D eigenvalue weighted by Gasteiger charge is -2.25. The Morgan fingerprint density at radius 2 is 1.45 bits per heavy atom. The van der Waals surface area contributed by atoms with Crippen LogP contribution in [0.2, 0.25) is 0 Å². The number of amides is 1. The summed E-state index contributed by atoms with van der Waals surface area (Å²) in [4.78, 5) is 28.1. The second-order valence-electron chi connectivity index (χ2n) is 8.41. The van der Waals surface area contributed by atoms with E-state index >= 15 is 0 Å². The van der Waals surface area contributed by atoms with Gasteiger partial charge in [0.2, 0.25) is 9.84 Å². The van der Waals surface area contributed by atoms with E-state index in [1.54, 1.807) is 12.1 Å². The largest absolute Gasteiger partial charge is 0.370 e. The topological polar surface area (TPSA) is 83.6 Å². The fraction of sp³-hybridized carbons (Fsp3) is 0.231. The highest BCUT2D eigenvalue weighted by Crippen LogP contribution is 2.35. The molecule has 0 bridgehead atoms. The average Bonchev–Trinajstić information content (AvgIpc) is 3.12. The first-order valence-corrected chi connectivity index (χ1v) is 12.6. The minimum absolute atomic E-state index is 0.0217. The van der Waals surface area contributed by atoms with E-state index in [-0.39, 0.29) is 32.3 Å². The molecule has 0 unspecified atom stereocenters. The maximum absolute atomic E-state index is 13.2. The summed E-state index contributed by atoms with van der Waals surface area (Å²) >= 11 is 0. The van der Waals surface area contributed by atoms with Gasteiger partial charge in [-0.15, -0.1) is 0 Å². The van der Waals surface area contributed by atoms with Crippen LogP contribution in [0.15, 0.2) is 76.5 Å². The number of hydrogen-bond donors (Lipinski definition) is 1. The Kier molecular flexibility index (Phi) is 5.50. The number of ketones is 1. The fourth-order valence-electron chi connectivity index (χ4n) is 4.59. The molecule has 0 saturated carbocycles. The summed E-state index contributed by atoms with van der Waals surface area (Å²) in [6.07, 6.45) is 4.63. The van der Waals surface area contributed by atoms with Gasteiger partial charge in [0, 0.05) is 29.8 Å². The molecule has 3 aromatic carbocycles. The highest BCUT2D eigenvalue weighted by molar-refractivity contribution is 7.91. The standard InChI is InChI=1S/C26H24N2O4S/c29-25-19-9-3-6-12-23(19)33(31,32)24-17-18(13-14-20(24)25)26(30)27-21-10-4-5-11-22(21)28-15-7-1-2-8-16-28/h3-6,9-14,17H,1-2,7-8,15-16H2,(H,27,30). The number of fused-ring (bicyclic) bond motifs is 2. The van der Waals surface area contributed by atoms with E-state index in [4.69, 9.17) is 0 Å². The summed E-state index contributed by atoms with van der Waals surface area (Å²) in [7, 11) is -3.90. The summed E-state index contributed by atoms with van der Waals surface area (Å²) < 4.78 is 26.4. The van der Waals surface area contributed by atoms with Gasteiger partial charge in [-0.2, -0.15) is 0 Å². The predicted octanol–water partition coefficient (Wildman–Crippen LogP) is 4.70. The second kappa shape index (κ2) is 8.48. The van der Waals surface area contributed by atoms with Crippen molar-refractivity contribution in [1.82, 2.24) is 0 Å². The lowest BCUT2D eigenvalue weighted by atomic mass is 10.0. The molecule has 1 fully saturated rings. The Balaban J connectivity index is 1.47. The molecule has 0 aromatic heterocycles. The van der Waals surface area contributed by atoms with Gasteiger partial charge in [0.05, 0.1) is 21.2 Å². The van der Waals surface area contributed by atoms with Crippen LogP contribution in [0.25, 0.3) is 0 Å². The number of nitrogens with zero attached hydrogens (tertiary/aromatic N) is 1. The summed E-state index contributed by atoms with van der Waals surface area (Å²) in [6, 6.07) is 18.1. The molecule has 0 aliphatic carbocycles. The van der Waals surface area contributed by atoms with Crippen LogP contribution in [0.5, 0.6) is 0 Å². The molecule has 6 nitrogen and oxygen atoms in total. The first kappa shape index (κ1) is 21.4. The number of benzene rings is 3. The van der Waals surface area contributed by atoms with Gasteiger partial charge in [-0.1, -0.05) is 37.1 Å². The SMILES string of the molecule is O=C(Nc1ccccc1N1CCCCCC1)c1ccc2c(c1)S(=O)(=O)c1ccccc1C2=O. The number of rotatable bonds is 3. The number of carbonyl (C=O) groups excluding carboxylic acids is 2. The molecule has 3 aromatic rings. The number of para-hydroxylation sites is 2. The van der Waals surface area contributed by atoms with E-state index in [0.717, 1.165) is 31.6 Å². The molecule has 5 rings (SSSR count). The molecule has 0 radical (unpaired) electrons. The predicted molar refractivity (Wildman–Crippen MR) is 127 cm³/mol. The summed E-state index contributed by atoms with van der Waals surface area (Å²) in [5.41, 5.74) is 2.09. The van der Waals surface area contributed by atoms with Crippen molar-refractivity contribution >= 4 is 32.9 Å². The van der Waals surface area contributed by atoms with Gasteiger partial charge in [-0.25, -0.2) is 8.42 Å². The Hall–Kier alpha value is -3.45. The van der Waals surface area contributed by atoms with Crippen molar-refractivity contribution in [2.24, 2.45) is 0 Å². The summed E-state index contributed by atoms with van der Waals surface area (Å²) in [5.74, 6) is -0.768. The van der Waals surface area contributed by atoms with Crippen molar-refractivity contribution in [1.29, 1.82) is 0 Å². The second-order valence-corrected chi connectivity index (χ2v) is 10.3. The Labute approximate surface area is 193 Å². The van der Waals surface area contributed by atoms with Gasteiger partial charge in [0.25, 0.3) is 5.91 Å². The van der Waals surface area contributed by atoms with Crippen LogP contribution in [0, 0.1) is 0 Å². The Morgan fingerprint density at radius 1 is 0.788 bits per heavy atom. The molecule has 2 aliphatic rings. The van der Waals surface area contributed by atoms with E-state index in [1.807, 2.05) is 24.3 Å². The molecule has 168 valence electrons. The highest BCUT2D eigenvalue weighted by atomic mass is 32.2. The Bertz CT molecular complexity index is 1360. The maximum Gasteiger partial charge on any atom is 0.255 e. The zero-order valence-corrected chi connectivity index (χ0v) is 18.9. The minimum Gasteiger partial charge on any atom is -0.370 e. The zero-order valence-electron chi connectivity index (χ0n) is 18.1. The van der Waals surface area contributed by atoms with Gasteiger partial charge in [-0.3, -0.25) is 9.59 Å². The highest BCUT2D eigenvalue weighted by Gasteiger charge is 2.35. The summed E-state index contributed by atoms with van der Waals surface area (Å²) in [5, 5.41) is 2.95. The number of anilines is 2. The number of nitrogens with one attached hydrogen (secondary N) is 1. The molecule has 1 amide bonds. The fourth-order valence-corrected chi connectivity index (χ4v) is 6.26. The molecule has 1 saturated heterocycles. The quantitative estimate of drug-likeness (QED) is 0.479. The van der Waals surface area contributed by atoms with Crippen LogP contribution >= 0.6 is 0 Å². The van der Waals surface area contributed by atoms with Crippen LogP contribution in [0.3, 0.4) is 0 Å². The molecular formula is C26H24N2O4S. The third-order valence-electron chi connectivity index (χ3n) is 6.30. The molecule has 1 N–H and O–H groups in total. The van der Waals surface area contributed by atoms with Crippen LogP contribution in [-0.2, 0) is 9.84 Å². The van der Waals surface area contributed by atoms with Crippen LogP contribution in [-0.4, -0.2) is 33.2 Å². The van der Waals surface area contributed by atoms with E-state index in [0.29, 0.717) is 5.69 Å². The molecule has 0 spiro atoms. The monoisotopic (exact) mass is 460 g/mol. The van der Waals surface area contributed by atoms with Gasteiger partial charge < -0.3 is 10.2 Å². The maximum atomic E-state index is 13.2. The van der Waals surface area contributed by atoms with Gasteiger partial charge in [0.15, 0.2) is 5.78 Å². The normalized spacial score (nSPS) is 17.0. The van der Waals surface area contributed by atoms with E-state index in [2.05, 4.69) is 10.2 Å². The van der Waals surface area contributed by atoms with Gasteiger partial charge >= 0.3 is 0 Å². The van der Waals surface area contributed by atoms with E-state index < -0.39 is 15.7 Å². The van der Waals surface area contributed by atoms with Crippen molar-refractivity contribution in [2.45, 2.75) is 35.5 Å². The van der Waals surface area contributed by atoms with Gasteiger partial charge in [-0.05, 0) is 55.3 Å². The van der Waals surface area contributed by atoms with Crippen molar-refractivity contribution in [3.8, 4) is 0 Å². The van der Waals surface area contributed by atoms with Gasteiger partial charge in [0.1, 0.15) is 0 Å². The van der Waals surface area contributed by atoms with Crippen molar-refractivity contribution in [3.63, 3.8) is 0 Å². The first-order valence-electron chi connectivity index (χ1n) is 11.1. The molecule has 33 heavy (non-hydrogen) atoms. The van der Waals surface area contributed by atoms with Crippen molar-refractivity contribution in [2.75, 3.05) is 23.3 Å². The lowest BCUT2D eigenvalue weighted by molar-refractivity contribution is 0.101. The van der Waals surface area contributed by atoms with Crippen molar-refractivity contribution < 1.29 is 18.0 Å². The van der Waals surface area contributed by atoms with Crippen LogP contribution in [0.4, 0.5) is 11.4 Å². The van der Waals surface area contributed by atoms with Crippen molar-refractivity contribution in [3.05, 3.63) is 83.4 Å². The molecular weight excluding hydrogens is 436 g/mol. The molecule has 2 heterocycles.